The molecule has 12 heavy (non-hydrogen) atoms. The Balaban J connectivity index is 2.41. The Morgan fingerprint density at radius 2 is 2.42 bits per heavy atom. The maximum Gasteiger partial charge on any atom is 0.273 e. The lowest BCUT2D eigenvalue weighted by atomic mass is 10.4. The quantitative estimate of drug-likeness (QED) is 0.776. The molecule has 0 unspecified atom stereocenters. The number of methoxy groups -OCH3 is 1. The van der Waals surface area contributed by atoms with E-state index in [9.17, 15) is 0 Å². The van der Waals surface area contributed by atoms with Crippen molar-refractivity contribution in [1.29, 1.82) is 0 Å². The van der Waals surface area contributed by atoms with Crippen LogP contribution in [0.5, 0.6) is 5.19 Å². The fraction of sp³-hybridized carbons (Fsp3) is 0.625. The van der Waals surface area contributed by atoms with E-state index in [4.69, 9.17) is 4.74 Å². The molecule has 0 radical (unpaired) electrons. The summed E-state index contributed by atoms with van der Waals surface area (Å²) in [6, 6.07) is 0.512. The van der Waals surface area contributed by atoms with Gasteiger partial charge in [-0.25, -0.2) is 4.98 Å². The molecule has 1 aromatic heterocycles. The van der Waals surface area contributed by atoms with E-state index in [0.29, 0.717) is 6.04 Å². The van der Waals surface area contributed by atoms with Gasteiger partial charge >= 0.3 is 0 Å². The van der Waals surface area contributed by atoms with Crippen molar-refractivity contribution < 1.29 is 4.74 Å². The van der Waals surface area contributed by atoms with E-state index in [0.717, 1.165) is 11.7 Å². The van der Waals surface area contributed by atoms with Crippen LogP contribution in [-0.4, -0.2) is 18.1 Å². The third-order valence-electron chi connectivity index (χ3n) is 1.39. The molecule has 0 spiro atoms. The second kappa shape index (κ2) is 4.42. The molecule has 68 valence electrons. The number of aromatic nitrogens is 1. The van der Waals surface area contributed by atoms with E-state index in [1.54, 1.807) is 18.4 Å². The SMILES string of the molecule is COc1ncc(CNC(C)C)s1. The summed E-state index contributed by atoms with van der Waals surface area (Å²) in [6.07, 6.45) is 1.85. The maximum absolute atomic E-state index is 4.98. The third kappa shape index (κ3) is 2.79. The van der Waals surface area contributed by atoms with Crippen molar-refractivity contribution in [3.8, 4) is 5.19 Å². The van der Waals surface area contributed by atoms with Crippen molar-refractivity contribution in [3.63, 3.8) is 0 Å². The Morgan fingerprint density at radius 3 is 2.92 bits per heavy atom. The van der Waals surface area contributed by atoms with Crippen LogP contribution in [0.2, 0.25) is 0 Å². The van der Waals surface area contributed by atoms with Gasteiger partial charge in [-0.3, -0.25) is 0 Å². The number of nitrogens with one attached hydrogen (secondary N) is 1. The Morgan fingerprint density at radius 1 is 1.67 bits per heavy atom. The molecule has 1 rings (SSSR count). The van der Waals surface area contributed by atoms with E-state index in [1.807, 2.05) is 6.20 Å². The summed E-state index contributed by atoms with van der Waals surface area (Å²) in [5.74, 6) is 0. The summed E-state index contributed by atoms with van der Waals surface area (Å²) in [5.41, 5.74) is 0. The van der Waals surface area contributed by atoms with Crippen molar-refractivity contribution in [1.82, 2.24) is 10.3 Å². The molecule has 0 saturated heterocycles. The van der Waals surface area contributed by atoms with Gasteiger partial charge < -0.3 is 10.1 Å². The minimum absolute atomic E-state index is 0.512. The minimum Gasteiger partial charge on any atom is -0.473 e. The zero-order chi connectivity index (χ0) is 8.97. The Hall–Kier alpha value is -0.610. The molecule has 0 amide bonds. The highest BCUT2D eigenvalue weighted by molar-refractivity contribution is 7.13. The molecule has 0 aliphatic heterocycles. The van der Waals surface area contributed by atoms with E-state index in [1.165, 1.54) is 4.88 Å². The van der Waals surface area contributed by atoms with Crippen LogP contribution >= 0.6 is 11.3 Å². The third-order valence-corrected chi connectivity index (χ3v) is 2.35. The molecule has 1 N–H and O–H groups in total. The zero-order valence-electron chi connectivity index (χ0n) is 7.63. The standard InChI is InChI=1S/C8H14N2OS/c1-6(2)9-4-7-5-10-8(11-3)12-7/h5-6,9H,4H2,1-3H3. The predicted octanol–water partition coefficient (Wildman–Crippen LogP) is 1.65. The first kappa shape index (κ1) is 9.48. The normalized spacial score (nSPS) is 10.7. The molecule has 0 fully saturated rings. The van der Waals surface area contributed by atoms with Gasteiger partial charge in [0.1, 0.15) is 0 Å². The molecule has 0 aromatic carbocycles. The van der Waals surface area contributed by atoms with Crippen molar-refractivity contribution in [2.75, 3.05) is 7.11 Å². The fourth-order valence-corrected chi connectivity index (χ4v) is 1.44. The second-order valence-corrected chi connectivity index (χ2v) is 3.91. The molecule has 1 heterocycles. The van der Waals surface area contributed by atoms with Gasteiger partial charge in [-0.05, 0) is 0 Å². The molecule has 3 nitrogen and oxygen atoms in total. The van der Waals surface area contributed by atoms with Gasteiger partial charge in [0.15, 0.2) is 0 Å². The summed E-state index contributed by atoms with van der Waals surface area (Å²) >= 11 is 1.58. The summed E-state index contributed by atoms with van der Waals surface area (Å²) in [5, 5.41) is 4.05. The number of rotatable bonds is 4. The maximum atomic E-state index is 4.98. The monoisotopic (exact) mass is 186 g/mol. The first-order chi connectivity index (χ1) is 5.72. The van der Waals surface area contributed by atoms with Crippen LogP contribution < -0.4 is 10.1 Å². The Kier molecular flexibility index (Phi) is 3.49. The van der Waals surface area contributed by atoms with Gasteiger partial charge in [0.2, 0.25) is 0 Å². The molecule has 0 bridgehead atoms. The van der Waals surface area contributed by atoms with Crippen LogP contribution in [0, 0.1) is 0 Å². The molecule has 1 aromatic rings. The highest BCUT2D eigenvalue weighted by Crippen LogP contribution is 2.19. The van der Waals surface area contributed by atoms with Gasteiger partial charge in [0.25, 0.3) is 5.19 Å². The lowest BCUT2D eigenvalue weighted by Crippen LogP contribution is -2.21. The van der Waals surface area contributed by atoms with Crippen molar-refractivity contribution in [3.05, 3.63) is 11.1 Å². The largest absolute Gasteiger partial charge is 0.473 e. The van der Waals surface area contributed by atoms with Gasteiger partial charge in [-0.1, -0.05) is 25.2 Å². The number of hydrogen-bond acceptors (Lipinski definition) is 4. The average Bonchev–Trinajstić information content (AvgIpc) is 2.48. The van der Waals surface area contributed by atoms with Crippen LogP contribution in [0.1, 0.15) is 18.7 Å². The van der Waals surface area contributed by atoms with Crippen LogP contribution in [0.3, 0.4) is 0 Å². The van der Waals surface area contributed by atoms with Crippen molar-refractivity contribution in [2.45, 2.75) is 26.4 Å². The summed E-state index contributed by atoms with van der Waals surface area (Å²) in [4.78, 5) is 5.28. The predicted molar refractivity (Wildman–Crippen MR) is 50.6 cm³/mol. The molecule has 4 heteroatoms. The van der Waals surface area contributed by atoms with Crippen LogP contribution in [0.4, 0.5) is 0 Å². The number of thiazole rings is 1. The Bertz CT molecular complexity index is 235. The molecule has 0 saturated carbocycles. The van der Waals surface area contributed by atoms with E-state index < -0.39 is 0 Å². The van der Waals surface area contributed by atoms with Gasteiger partial charge in [0.05, 0.1) is 7.11 Å². The van der Waals surface area contributed by atoms with Crippen LogP contribution in [0.15, 0.2) is 6.20 Å². The second-order valence-electron chi connectivity index (χ2n) is 2.83. The van der Waals surface area contributed by atoms with Crippen LogP contribution in [0.25, 0.3) is 0 Å². The first-order valence-corrected chi connectivity index (χ1v) is 4.76. The van der Waals surface area contributed by atoms with E-state index in [-0.39, 0.29) is 0 Å². The number of ether oxygens (including phenoxy) is 1. The van der Waals surface area contributed by atoms with Gasteiger partial charge in [-0.2, -0.15) is 0 Å². The molecular formula is C8H14N2OS. The van der Waals surface area contributed by atoms with Gasteiger partial charge in [0, 0.05) is 23.7 Å². The van der Waals surface area contributed by atoms with Crippen molar-refractivity contribution in [2.24, 2.45) is 0 Å². The van der Waals surface area contributed by atoms with Crippen molar-refractivity contribution >= 4 is 11.3 Å². The minimum atomic E-state index is 0.512. The average molecular weight is 186 g/mol. The van der Waals surface area contributed by atoms with Crippen LogP contribution in [-0.2, 0) is 6.54 Å². The molecule has 0 aliphatic carbocycles. The lowest BCUT2D eigenvalue weighted by molar-refractivity contribution is 0.412. The topological polar surface area (TPSA) is 34.1 Å². The zero-order valence-corrected chi connectivity index (χ0v) is 8.44. The highest BCUT2D eigenvalue weighted by Gasteiger charge is 2.01. The summed E-state index contributed by atoms with van der Waals surface area (Å²) in [6.45, 7) is 5.12. The first-order valence-electron chi connectivity index (χ1n) is 3.94. The fourth-order valence-electron chi connectivity index (χ4n) is 0.770. The lowest BCUT2D eigenvalue weighted by Gasteiger charge is -2.04. The molecule has 0 aliphatic rings. The van der Waals surface area contributed by atoms with E-state index >= 15 is 0 Å². The smallest absolute Gasteiger partial charge is 0.273 e. The van der Waals surface area contributed by atoms with Gasteiger partial charge in [-0.15, -0.1) is 0 Å². The number of hydrogen-bond donors (Lipinski definition) is 1. The van der Waals surface area contributed by atoms with E-state index in [2.05, 4.69) is 24.1 Å². The summed E-state index contributed by atoms with van der Waals surface area (Å²) < 4.78 is 4.98. The number of nitrogens with zero attached hydrogens (tertiary/aromatic N) is 1. The molecule has 0 atom stereocenters. The Labute approximate surface area is 76.8 Å². The summed E-state index contributed by atoms with van der Waals surface area (Å²) in [7, 11) is 1.64. The molecular weight excluding hydrogens is 172 g/mol. The highest BCUT2D eigenvalue weighted by atomic mass is 32.1.